The summed E-state index contributed by atoms with van der Waals surface area (Å²) in [5, 5.41) is 10.7. The van der Waals surface area contributed by atoms with E-state index in [2.05, 4.69) is 0 Å². The number of carbonyl (C=O) groups excluding carboxylic acids is 1. The maximum Gasteiger partial charge on any atom is 0.312 e. The monoisotopic (exact) mass is 490 g/mol. The van der Waals surface area contributed by atoms with Crippen molar-refractivity contribution < 1.29 is 33.6 Å². The minimum Gasteiger partial charge on any atom is -0.456 e. The van der Waals surface area contributed by atoms with Crippen molar-refractivity contribution in [2.24, 2.45) is 23.2 Å². The van der Waals surface area contributed by atoms with E-state index >= 15 is 0 Å². The van der Waals surface area contributed by atoms with Crippen LogP contribution in [-0.4, -0.2) is 60.3 Å². The molecule has 8 aliphatic rings. The van der Waals surface area contributed by atoms with E-state index in [-0.39, 0.29) is 36.1 Å². The molecule has 2 spiro atoms. The van der Waals surface area contributed by atoms with Crippen LogP contribution in [-0.2, 0) is 28.5 Å². The Morgan fingerprint density at radius 3 is 1.80 bits per heavy atom. The Labute approximate surface area is 208 Å². The van der Waals surface area contributed by atoms with E-state index in [1.807, 2.05) is 0 Å². The van der Waals surface area contributed by atoms with Gasteiger partial charge in [0.15, 0.2) is 17.7 Å². The third-order valence-electron chi connectivity index (χ3n) is 10.6. The number of rotatable bonds is 4. The van der Waals surface area contributed by atoms with Gasteiger partial charge in [0.2, 0.25) is 0 Å². The Bertz CT molecular complexity index is 764. The highest BCUT2D eigenvalue weighted by Crippen LogP contribution is 2.60. The number of carbonyl (C=O) groups is 1. The summed E-state index contributed by atoms with van der Waals surface area (Å²) in [6, 6.07) is 0. The molecular formula is C28H42O7. The molecule has 2 aliphatic heterocycles. The molecule has 0 aromatic rings. The molecule has 1 N–H and O–H groups in total. The van der Waals surface area contributed by atoms with E-state index in [1.54, 1.807) is 0 Å². The predicted octanol–water partition coefficient (Wildman–Crippen LogP) is 4.24. The molecule has 4 bridgehead atoms. The zero-order valence-electron chi connectivity index (χ0n) is 21.0. The molecule has 196 valence electrons. The van der Waals surface area contributed by atoms with Crippen LogP contribution in [0.3, 0.4) is 0 Å². The van der Waals surface area contributed by atoms with Crippen LogP contribution in [0.1, 0.15) is 96.3 Å². The van der Waals surface area contributed by atoms with Gasteiger partial charge in [-0.2, -0.15) is 0 Å². The van der Waals surface area contributed by atoms with E-state index < -0.39 is 23.1 Å². The van der Waals surface area contributed by atoms with Crippen LogP contribution < -0.4 is 0 Å². The second-order valence-corrected chi connectivity index (χ2v) is 13.0. The third kappa shape index (κ3) is 3.99. The number of aliphatic hydroxyl groups excluding tert-OH is 1. The zero-order chi connectivity index (χ0) is 23.7. The molecule has 7 heteroatoms. The van der Waals surface area contributed by atoms with Gasteiger partial charge in [0.05, 0.1) is 24.7 Å². The van der Waals surface area contributed by atoms with E-state index in [4.69, 9.17) is 23.7 Å². The maximum absolute atomic E-state index is 14.0. The first-order valence-electron chi connectivity index (χ1n) is 14.5. The Morgan fingerprint density at radius 2 is 1.29 bits per heavy atom. The summed E-state index contributed by atoms with van der Waals surface area (Å²) in [6.07, 6.45) is 13.6. The minimum atomic E-state index is -0.527. The smallest absolute Gasteiger partial charge is 0.312 e. The lowest BCUT2D eigenvalue weighted by Crippen LogP contribution is -2.58. The highest BCUT2D eigenvalue weighted by molar-refractivity contribution is 5.78. The minimum absolute atomic E-state index is 0.102. The van der Waals surface area contributed by atoms with Crippen LogP contribution in [0, 0.1) is 23.2 Å². The lowest BCUT2D eigenvalue weighted by Gasteiger charge is -2.57. The van der Waals surface area contributed by atoms with Gasteiger partial charge in [-0.05, 0) is 75.5 Å². The lowest BCUT2D eigenvalue weighted by atomic mass is 9.48. The summed E-state index contributed by atoms with van der Waals surface area (Å²) in [5.74, 6) is -0.146. The van der Waals surface area contributed by atoms with E-state index in [9.17, 15) is 9.90 Å². The third-order valence-corrected chi connectivity index (χ3v) is 10.6. The van der Waals surface area contributed by atoms with Gasteiger partial charge >= 0.3 is 5.97 Å². The molecule has 7 nitrogen and oxygen atoms in total. The van der Waals surface area contributed by atoms with Gasteiger partial charge in [0, 0.05) is 25.7 Å². The molecule has 8 fully saturated rings. The number of ether oxygens (including phenoxy) is 5. The molecule has 6 saturated carbocycles. The Kier molecular flexibility index (Phi) is 5.78. The van der Waals surface area contributed by atoms with Crippen molar-refractivity contribution in [3.8, 4) is 0 Å². The van der Waals surface area contributed by atoms with Gasteiger partial charge in [-0.15, -0.1) is 0 Å². The number of aliphatic hydroxyl groups is 1. The first-order chi connectivity index (χ1) is 17.0. The first kappa shape index (κ1) is 23.4. The van der Waals surface area contributed by atoms with Crippen molar-refractivity contribution in [2.75, 3.05) is 13.2 Å². The molecule has 0 aromatic carbocycles. The summed E-state index contributed by atoms with van der Waals surface area (Å²) in [7, 11) is 0. The van der Waals surface area contributed by atoms with Crippen LogP contribution in [0.2, 0.25) is 0 Å². The lowest BCUT2D eigenvalue weighted by molar-refractivity contribution is -0.230. The fraction of sp³-hybridized carbons (Fsp3) is 0.964. The molecule has 6 aliphatic carbocycles. The number of esters is 1. The molecule has 4 atom stereocenters. The molecule has 0 aromatic heterocycles. The summed E-state index contributed by atoms with van der Waals surface area (Å²) >= 11 is 0. The highest BCUT2D eigenvalue weighted by atomic mass is 16.8. The van der Waals surface area contributed by atoms with Crippen LogP contribution in [0.5, 0.6) is 0 Å². The van der Waals surface area contributed by atoms with Crippen molar-refractivity contribution >= 4 is 5.97 Å². The van der Waals surface area contributed by atoms with Crippen molar-refractivity contribution in [3.05, 3.63) is 0 Å². The van der Waals surface area contributed by atoms with E-state index in [0.29, 0.717) is 19.1 Å². The van der Waals surface area contributed by atoms with Crippen molar-refractivity contribution in [1.82, 2.24) is 0 Å². The number of hydrogen-bond acceptors (Lipinski definition) is 7. The second-order valence-electron chi connectivity index (χ2n) is 13.0. The molecule has 0 radical (unpaired) electrons. The Balaban J connectivity index is 1.12. The van der Waals surface area contributed by atoms with Crippen molar-refractivity contribution in [3.63, 3.8) is 0 Å². The summed E-state index contributed by atoms with van der Waals surface area (Å²) in [4.78, 5) is 14.0. The summed E-state index contributed by atoms with van der Waals surface area (Å²) in [6.45, 7) is 0.870. The fourth-order valence-corrected chi connectivity index (χ4v) is 9.07. The molecular weight excluding hydrogens is 448 g/mol. The second kappa shape index (κ2) is 8.65. The van der Waals surface area contributed by atoms with Gasteiger partial charge in [0.25, 0.3) is 0 Å². The summed E-state index contributed by atoms with van der Waals surface area (Å²) in [5.41, 5.74) is -0.460. The molecule has 35 heavy (non-hydrogen) atoms. The molecule has 2 saturated heterocycles. The van der Waals surface area contributed by atoms with Gasteiger partial charge in [-0.1, -0.05) is 12.8 Å². The van der Waals surface area contributed by atoms with Gasteiger partial charge in [0.1, 0.15) is 12.2 Å². The first-order valence-corrected chi connectivity index (χ1v) is 14.5. The van der Waals surface area contributed by atoms with Crippen molar-refractivity contribution in [2.45, 2.75) is 132 Å². The fourth-order valence-electron chi connectivity index (χ4n) is 9.07. The topological polar surface area (TPSA) is 83.5 Å². The largest absolute Gasteiger partial charge is 0.456 e. The highest BCUT2D eigenvalue weighted by Gasteiger charge is 2.60. The average molecular weight is 491 g/mol. The van der Waals surface area contributed by atoms with E-state index in [1.165, 1.54) is 12.8 Å². The van der Waals surface area contributed by atoms with Gasteiger partial charge in [-0.3, -0.25) is 4.79 Å². The van der Waals surface area contributed by atoms with Crippen LogP contribution in [0.15, 0.2) is 0 Å². The van der Waals surface area contributed by atoms with Crippen LogP contribution >= 0.6 is 0 Å². The molecule has 2 heterocycles. The molecule has 0 amide bonds. The SMILES string of the molecule is O=C(OC(C1COC2(CCCCC2)O1)C1COC2(CCCCC2)O1)C12CC3CC(C1)C(O)C(C3)C2. The molecule has 8 rings (SSSR count). The summed E-state index contributed by atoms with van der Waals surface area (Å²) < 4.78 is 32.2. The molecule has 4 unspecified atom stereocenters. The predicted molar refractivity (Wildman–Crippen MR) is 125 cm³/mol. The van der Waals surface area contributed by atoms with Crippen molar-refractivity contribution in [1.29, 1.82) is 0 Å². The van der Waals surface area contributed by atoms with Crippen LogP contribution in [0.25, 0.3) is 0 Å². The quantitative estimate of drug-likeness (QED) is 0.590. The average Bonchev–Trinajstić information content (AvgIpc) is 3.45. The van der Waals surface area contributed by atoms with E-state index in [0.717, 1.165) is 83.5 Å². The standard InChI is InChI=1S/C28H42O7/c29-23-19-11-18-12-20(23)15-26(13-18,14-19)25(30)33-24(21-16-31-27(34-21)7-3-1-4-8-27)22-17-32-28(35-22)9-5-2-6-10-28/h18-24,29H,1-17H2. The maximum atomic E-state index is 14.0. The van der Waals surface area contributed by atoms with Gasteiger partial charge < -0.3 is 28.8 Å². The number of hydrogen-bond donors (Lipinski definition) is 1. The Hall–Kier alpha value is -0.730. The Morgan fingerprint density at radius 1 is 0.771 bits per heavy atom. The zero-order valence-corrected chi connectivity index (χ0v) is 21.0. The van der Waals surface area contributed by atoms with Crippen LogP contribution in [0.4, 0.5) is 0 Å². The normalized spacial score (nSPS) is 46.3. The van der Waals surface area contributed by atoms with Gasteiger partial charge in [-0.25, -0.2) is 0 Å².